The lowest BCUT2D eigenvalue weighted by molar-refractivity contribution is 1.44. The van der Waals surface area contributed by atoms with Crippen molar-refractivity contribution >= 4 is 92.5 Å². The summed E-state index contributed by atoms with van der Waals surface area (Å²) >= 11 is 25.6. The molecule has 6 heteroatoms. The van der Waals surface area contributed by atoms with Gasteiger partial charge in [0.1, 0.15) is 4.49 Å². The first kappa shape index (κ1) is 17.0. The SMILES string of the molecule is ClC(Cl)=C(c1[c]cc(Br)[c]c1Br)c1[c]cc(Br)[c]c1Br. The van der Waals surface area contributed by atoms with Crippen LogP contribution in [0.25, 0.3) is 5.57 Å². The van der Waals surface area contributed by atoms with E-state index in [0.717, 1.165) is 8.95 Å². The molecule has 0 atom stereocenters. The number of benzene rings is 2. The maximum Gasteiger partial charge on any atom is 0.115 e. The van der Waals surface area contributed by atoms with Gasteiger partial charge in [-0.05, 0) is 56.1 Å². The molecule has 2 rings (SSSR count). The third-order valence-corrected chi connectivity index (χ3v) is 4.69. The number of rotatable bonds is 2. The molecule has 0 nitrogen and oxygen atoms in total. The lowest BCUT2D eigenvalue weighted by Gasteiger charge is -2.12. The Morgan fingerprint density at radius 1 is 0.800 bits per heavy atom. The van der Waals surface area contributed by atoms with Gasteiger partial charge in [-0.3, -0.25) is 0 Å². The van der Waals surface area contributed by atoms with Crippen molar-refractivity contribution in [3.05, 3.63) is 69.9 Å². The van der Waals surface area contributed by atoms with E-state index in [4.69, 9.17) is 23.2 Å². The summed E-state index contributed by atoms with van der Waals surface area (Å²) in [6, 6.07) is 15.9. The molecule has 2 aromatic rings. The minimum absolute atomic E-state index is 0.116. The predicted molar refractivity (Wildman–Crippen MR) is 96.8 cm³/mol. The van der Waals surface area contributed by atoms with Gasteiger partial charge in [0.05, 0.1) is 0 Å². The molecule has 2 aromatic carbocycles. The van der Waals surface area contributed by atoms with E-state index in [2.05, 4.69) is 88.0 Å². The average Bonchev–Trinajstić information content (AvgIpc) is 2.34. The summed E-state index contributed by atoms with van der Waals surface area (Å²) in [5, 5.41) is 0. The van der Waals surface area contributed by atoms with Crippen LogP contribution in [-0.2, 0) is 0 Å². The standard InChI is InChI=1S/C14H2Br4Cl2/c15-7-1-3-9(11(17)5-7)13(14(19)20)10-4-2-8(16)6-12(10)18/h1-2H. The van der Waals surface area contributed by atoms with Gasteiger partial charge in [-0.1, -0.05) is 55.1 Å². The van der Waals surface area contributed by atoms with E-state index in [0.29, 0.717) is 25.6 Å². The smallest absolute Gasteiger partial charge is 0.0702 e. The van der Waals surface area contributed by atoms with Crippen molar-refractivity contribution in [2.24, 2.45) is 0 Å². The van der Waals surface area contributed by atoms with Crippen molar-refractivity contribution in [3.63, 3.8) is 0 Å². The number of hydrogen-bond acceptors (Lipinski definition) is 0. The van der Waals surface area contributed by atoms with Gasteiger partial charge in [-0.2, -0.15) is 0 Å². The van der Waals surface area contributed by atoms with Crippen LogP contribution in [0.5, 0.6) is 0 Å². The fourth-order valence-corrected chi connectivity index (χ4v) is 4.07. The molecule has 0 bridgehead atoms. The van der Waals surface area contributed by atoms with Crippen molar-refractivity contribution in [1.82, 2.24) is 0 Å². The predicted octanol–water partition coefficient (Wildman–Crippen LogP) is 7.13. The summed E-state index contributed by atoms with van der Waals surface area (Å²) in [7, 11) is 0. The topological polar surface area (TPSA) is 0 Å². The Bertz CT molecular complexity index is 638. The summed E-state index contributed by atoms with van der Waals surface area (Å²) in [5.41, 5.74) is 1.99. The molecule has 100 valence electrons. The highest BCUT2D eigenvalue weighted by molar-refractivity contribution is 9.11. The van der Waals surface area contributed by atoms with Crippen molar-refractivity contribution < 1.29 is 0 Å². The molecule has 0 saturated heterocycles. The fourth-order valence-electron chi connectivity index (χ4n) is 1.48. The molecule has 0 aliphatic heterocycles. The second-order valence-electron chi connectivity index (χ2n) is 3.54. The second kappa shape index (κ2) is 7.30. The van der Waals surface area contributed by atoms with Crippen LogP contribution in [-0.4, -0.2) is 0 Å². The molecule has 0 spiro atoms. The van der Waals surface area contributed by atoms with Crippen LogP contribution < -0.4 is 0 Å². The van der Waals surface area contributed by atoms with Gasteiger partial charge in [-0.15, -0.1) is 0 Å². The molecule has 0 aliphatic rings. The summed E-state index contributed by atoms with van der Waals surface area (Å²) in [4.78, 5) is 0. The largest absolute Gasteiger partial charge is 0.115 e. The molecule has 0 N–H and O–H groups in total. The summed E-state index contributed by atoms with van der Waals surface area (Å²) < 4.78 is 3.07. The Morgan fingerprint density at radius 2 is 1.20 bits per heavy atom. The third-order valence-electron chi connectivity index (χ3n) is 2.27. The molecule has 0 amide bonds. The van der Waals surface area contributed by atoms with Gasteiger partial charge < -0.3 is 0 Å². The fraction of sp³-hybridized carbons (Fsp3) is 0. The van der Waals surface area contributed by atoms with E-state index in [9.17, 15) is 0 Å². The van der Waals surface area contributed by atoms with Crippen LogP contribution in [0.3, 0.4) is 0 Å². The zero-order valence-corrected chi connectivity index (χ0v) is 17.3. The first-order valence-electron chi connectivity index (χ1n) is 5.04. The van der Waals surface area contributed by atoms with E-state index in [1.807, 2.05) is 0 Å². The Hall–Kier alpha value is 0.680. The van der Waals surface area contributed by atoms with Gasteiger partial charge in [0.15, 0.2) is 0 Å². The van der Waals surface area contributed by atoms with Crippen molar-refractivity contribution in [2.75, 3.05) is 0 Å². The molecule has 4 radical (unpaired) electrons. The lowest BCUT2D eigenvalue weighted by Crippen LogP contribution is -1.93. The minimum atomic E-state index is 0.116. The van der Waals surface area contributed by atoms with Crippen LogP contribution in [0.4, 0.5) is 0 Å². The Kier molecular flexibility index (Phi) is 6.22. The summed E-state index contributed by atoms with van der Waals surface area (Å²) in [5.74, 6) is 0. The average molecular weight is 561 g/mol. The van der Waals surface area contributed by atoms with Gasteiger partial charge in [-0.25, -0.2) is 0 Å². The number of halogens is 6. The maximum atomic E-state index is 6.05. The maximum absolute atomic E-state index is 6.05. The van der Waals surface area contributed by atoms with Crippen LogP contribution in [0, 0.1) is 24.3 Å². The van der Waals surface area contributed by atoms with E-state index in [1.54, 1.807) is 12.1 Å². The highest BCUT2D eigenvalue weighted by Crippen LogP contribution is 2.38. The van der Waals surface area contributed by atoms with Crippen LogP contribution >= 0.6 is 86.9 Å². The van der Waals surface area contributed by atoms with Gasteiger partial charge in [0.25, 0.3) is 0 Å². The second-order valence-corrected chi connectivity index (χ2v) is 7.78. The molecule has 0 heterocycles. The first-order chi connectivity index (χ1) is 9.40. The van der Waals surface area contributed by atoms with E-state index in [1.165, 1.54) is 0 Å². The lowest BCUT2D eigenvalue weighted by atomic mass is 10.00. The van der Waals surface area contributed by atoms with Crippen molar-refractivity contribution in [3.8, 4) is 0 Å². The van der Waals surface area contributed by atoms with Crippen molar-refractivity contribution in [2.45, 2.75) is 0 Å². The third kappa shape index (κ3) is 3.90. The first-order valence-corrected chi connectivity index (χ1v) is 8.97. The van der Waals surface area contributed by atoms with Crippen molar-refractivity contribution in [1.29, 1.82) is 0 Å². The quantitative estimate of drug-likeness (QED) is 0.367. The van der Waals surface area contributed by atoms with Gasteiger partial charge in [0, 0.05) is 46.7 Å². The summed E-state index contributed by atoms with van der Waals surface area (Å²) in [6.07, 6.45) is 0. The Morgan fingerprint density at radius 3 is 1.50 bits per heavy atom. The van der Waals surface area contributed by atoms with Crippen LogP contribution in [0.15, 0.2) is 34.5 Å². The van der Waals surface area contributed by atoms with Crippen LogP contribution in [0.2, 0.25) is 0 Å². The zero-order chi connectivity index (χ0) is 14.9. The molecule has 0 unspecified atom stereocenters. The highest BCUT2D eigenvalue weighted by Gasteiger charge is 2.16. The van der Waals surface area contributed by atoms with Crippen LogP contribution in [0.1, 0.15) is 11.1 Å². The van der Waals surface area contributed by atoms with Gasteiger partial charge in [0.2, 0.25) is 0 Å². The normalized spacial score (nSPS) is 10.5. The van der Waals surface area contributed by atoms with Gasteiger partial charge >= 0.3 is 0 Å². The monoisotopic (exact) mass is 556 g/mol. The molecular weight excluding hydrogens is 559 g/mol. The molecular formula is C14H2Br4Cl2. The number of hydrogen-bond donors (Lipinski definition) is 0. The molecule has 0 saturated carbocycles. The minimum Gasteiger partial charge on any atom is -0.0702 e. The van der Waals surface area contributed by atoms with E-state index >= 15 is 0 Å². The summed E-state index contributed by atoms with van der Waals surface area (Å²) in [6.45, 7) is 0. The molecule has 0 fully saturated rings. The highest BCUT2D eigenvalue weighted by atomic mass is 79.9. The zero-order valence-electron chi connectivity index (χ0n) is 9.42. The van der Waals surface area contributed by atoms with E-state index in [-0.39, 0.29) is 4.49 Å². The van der Waals surface area contributed by atoms with E-state index < -0.39 is 0 Å². The molecule has 20 heavy (non-hydrogen) atoms. The molecule has 0 aliphatic carbocycles. The Labute approximate surface area is 161 Å². The molecule has 0 aromatic heterocycles. The Balaban J connectivity index is 2.67.